The number of phenols is 4. The number of hydrogen-bond donors (Lipinski definition) is 8. The van der Waals surface area contributed by atoms with Crippen molar-refractivity contribution in [3.8, 4) is 40.1 Å². The van der Waals surface area contributed by atoms with E-state index < -0.39 is 76.9 Å². The molecule has 0 amide bonds. The molecule has 34 heavy (non-hydrogen) atoms. The fourth-order valence-electron chi connectivity index (χ4n) is 4.33. The Balaban J connectivity index is 1.72. The van der Waals surface area contributed by atoms with E-state index in [9.17, 15) is 45.6 Å². The van der Waals surface area contributed by atoms with Gasteiger partial charge in [-0.3, -0.25) is 4.79 Å². The zero-order chi connectivity index (χ0) is 24.5. The number of benzene rings is 2. The van der Waals surface area contributed by atoms with Gasteiger partial charge in [0.1, 0.15) is 40.8 Å². The highest BCUT2D eigenvalue weighted by atomic mass is 16.7. The van der Waals surface area contributed by atoms with Crippen LogP contribution in [0.25, 0.3) is 22.3 Å². The van der Waals surface area contributed by atoms with Gasteiger partial charge >= 0.3 is 0 Å². The molecule has 12 heteroatoms. The Kier molecular flexibility index (Phi) is 4.90. The Morgan fingerprint density at radius 2 is 1.68 bits per heavy atom. The molecule has 1 aliphatic heterocycles. The van der Waals surface area contributed by atoms with Crippen LogP contribution in [0.2, 0.25) is 0 Å². The number of hydrogen-bond acceptors (Lipinski definition) is 12. The van der Waals surface area contributed by atoms with Gasteiger partial charge in [0.25, 0.3) is 0 Å². The highest BCUT2D eigenvalue weighted by Crippen LogP contribution is 2.55. The van der Waals surface area contributed by atoms with Crippen LogP contribution < -0.4 is 10.2 Å². The number of fused-ring (bicyclic) bond motifs is 2. The summed E-state index contributed by atoms with van der Waals surface area (Å²) in [6, 6.07) is 5.43. The van der Waals surface area contributed by atoms with Crippen LogP contribution in [0.3, 0.4) is 0 Å². The predicted molar refractivity (Wildman–Crippen MR) is 111 cm³/mol. The van der Waals surface area contributed by atoms with Crippen molar-refractivity contribution in [2.75, 3.05) is 6.61 Å². The van der Waals surface area contributed by atoms with Crippen molar-refractivity contribution >= 4 is 11.0 Å². The smallest absolute Gasteiger partial charge is 0.246 e. The van der Waals surface area contributed by atoms with Crippen LogP contribution in [0.4, 0.5) is 0 Å². The second-order valence-electron chi connectivity index (χ2n) is 8.25. The van der Waals surface area contributed by atoms with Crippen LogP contribution in [-0.4, -0.2) is 77.7 Å². The third-order valence-electron chi connectivity index (χ3n) is 6.14. The van der Waals surface area contributed by atoms with E-state index in [1.54, 1.807) is 0 Å². The summed E-state index contributed by atoms with van der Waals surface area (Å²) in [6.07, 6.45) is -5.93. The van der Waals surface area contributed by atoms with Gasteiger partial charge in [-0.1, -0.05) is 0 Å². The average molecular weight is 476 g/mol. The molecule has 2 heterocycles. The molecule has 0 bridgehead atoms. The molecule has 1 saturated carbocycles. The molecule has 6 atom stereocenters. The molecule has 180 valence electrons. The molecule has 3 aromatic rings. The van der Waals surface area contributed by atoms with Crippen LogP contribution in [-0.2, 0) is 4.74 Å². The van der Waals surface area contributed by atoms with E-state index in [2.05, 4.69) is 0 Å². The molecular weight excluding hydrogens is 456 g/mol. The summed E-state index contributed by atoms with van der Waals surface area (Å²) >= 11 is 0. The fourth-order valence-corrected chi connectivity index (χ4v) is 4.33. The van der Waals surface area contributed by atoms with Gasteiger partial charge < -0.3 is 54.7 Å². The van der Waals surface area contributed by atoms with Crippen LogP contribution in [0.15, 0.2) is 39.5 Å². The Hall–Kier alpha value is -3.55. The van der Waals surface area contributed by atoms with E-state index >= 15 is 0 Å². The molecule has 5 rings (SSSR count). The molecule has 0 radical (unpaired) electrons. The number of aliphatic hydroxyl groups is 4. The van der Waals surface area contributed by atoms with Gasteiger partial charge in [-0.15, -0.1) is 0 Å². The molecular formula is C22H20O12. The summed E-state index contributed by atoms with van der Waals surface area (Å²) in [5.74, 6) is -6.19. The first kappa shape index (κ1) is 22.3. The van der Waals surface area contributed by atoms with Gasteiger partial charge in [0.15, 0.2) is 17.3 Å². The van der Waals surface area contributed by atoms with Crippen molar-refractivity contribution in [3.05, 3.63) is 40.6 Å². The maximum atomic E-state index is 13.4. The topological polar surface area (TPSA) is 211 Å². The number of rotatable bonds is 4. The minimum atomic E-state index is -2.03. The standard InChI is InChI=1S/C22H20O12/c23-6-13-16(28)18(30)15-21(31)22(15,33-13)34-20-17(29)14-11(27)4-8(24)5-12(14)32-19(20)7-1-2-9(25)10(26)3-7/h1-5,13,15-16,18,21,23-28,30-31H,6H2/t13?,15?,16-,18?,21?,22?/m1/s1. The van der Waals surface area contributed by atoms with Crippen LogP contribution in [0.5, 0.6) is 28.7 Å². The second-order valence-corrected chi connectivity index (χ2v) is 8.25. The molecule has 1 aliphatic carbocycles. The Morgan fingerprint density at radius 1 is 0.941 bits per heavy atom. The summed E-state index contributed by atoms with van der Waals surface area (Å²) in [5.41, 5.74) is -1.15. The number of aliphatic hydroxyl groups excluding tert-OH is 4. The first-order valence-electron chi connectivity index (χ1n) is 10.2. The van der Waals surface area contributed by atoms with Crippen molar-refractivity contribution < 1.29 is 54.7 Å². The fraction of sp³-hybridized carbons (Fsp3) is 0.318. The maximum Gasteiger partial charge on any atom is 0.246 e. The summed E-state index contributed by atoms with van der Waals surface area (Å²) < 4.78 is 17.0. The van der Waals surface area contributed by atoms with Crippen molar-refractivity contribution in [1.82, 2.24) is 0 Å². The first-order chi connectivity index (χ1) is 16.1. The lowest BCUT2D eigenvalue weighted by molar-refractivity contribution is -0.246. The number of phenolic OH excluding ortho intramolecular Hbond substituents is 4. The Labute approximate surface area is 189 Å². The van der Waals surface area contributed by atoms with Crippen molar-refractivity contribution in [2.45, 2.75) is 30.2 Å². The van der Waals surface area contributed by atoms with Gasteiger partial charge in [-0.2, -0.15) is 0 Å². The highest BCUT2D eigenvalue weighted by molar-refractivity contribution is 5.88. The average Bonchev–Trinajstić information content (AvgIpc) is 3.37. The lowest BCUT2D eigenvalue weighted by atomic mass is 10.0. The summed E-state index contributed by atoms with van der Waals surface area (Å²) in [4.78, 5) is 13.4. The molecule has 12 nitrogen and oxygen atoms in total. The van der Waals surface area contributed by atoms with Gasteiger partial charge in [0, 0.05) is 17.7 Å². The third-order valence-corrected chi connectivity index (χ3v) is 6.14. The number of aromatic hydroxyl groups is 4. The molecule has 1 aromatic heterocycles. The highest BCUT2D eigenvalue weighted by Gasteiger charge is 2.77. The predicted octanol–water partition coefficient (Wildman–Crippen LogP) is -0.539. The molecule has 1 saturated heterocycles. The van der Waals surface area contributed by atoms with Crippen molar-refractivity contribution in [2.24, 2.45) is 5.92 Å². The normalized spacial score (nSPS) is 30.2. The van der Waals surface area contributed by atoms with Crippen molar-refractivity contribution in [3.63, 3.8) is 0 Å². The second kappa shape index (κ2) is 7.48. The summed E-state index contributed by atoms with van der Waals surface area (Å²) in [6.45, 7) is -0.728. The van der Waals surface area contributed by atoms with Gasteiger partial charge in [0.2, 0.25) is 17.0 Å². The van der Waals surface area contributed by atoms with Crippen LogP contribution >= 0.6 is 0 Å². The molecule has 2 fully saturated rings. The van der Waals surface area contributed by atoms with E-state index in [0.29, 0.717) is 0 Å². The summed E-state index contributed by atoms with van der Waals surface area (Å²) in [5, 5.41) is 79.7. The molecule has 8 N–H and O–H groups in total. The molecule has 2 aromatic carbocycles. The van der Waals surface area contributed by atoms with Crippen molar-refractivity contribution in [1.29, 1.82) is 0 Å². The van der Waals surface area contributed by atoms with Gasteiger partial charge in [-0.25, -0.2) is 0 Å². The maximum absolute atomic E-state index is 13.4. The molecule has 5 unspecified atom stereocenters. The Bertz CT molecular complexity index is 1350. The van der Waals surface area contributed by atoms with E-state index in [0.717, 1.165) is 24.3 Å². The van der Waals surface area contributed by atoms with Gasteiger partial charge in [-0.05, 0) is 18.2 Å². The van der Waals surface area contributed by atoms with E-state index in [1.807, 2.05) is 0 Å². The lowest BCUT2D eigenvalue weighted by Gasteiger charge is -2.35. The minimum Gasteiger partial charge on any atom is -0.508 e. The monoisotopic (exact) mass is 476 g/mol. The van der Waals surface area contributed by atoms with Crippen LogP contribution in [0, 0.1) is 5.92 Å². The zero-order valence-electron chi connectivity index (χ0n) is 17.2. The zero-order valence-corrected chi connectivity index (χ0v) is 17.2. The Morgan fingerprint density at radius 3 is 2.35 bits per heavy atom. The summed E-state index contributed by atoms with van der Waals surface area (Å²) in [7, 11) is 0. The SMILES string of the molecule is O=c1c(OC23OC(CO)[C@@H](O)C(O)C2C3O)c(-c2ccc(O)c(O)c2)oc2cc(O)cc(O)c12. The number of ether oxygens (including phenoxy) is 2. The van der Waals surface area contributed by atoms with E-state index in [-0.39, 0.29) is 22.3 Å². The quantitative estimate of drug-likeness (QED) is 0.223. The molecule has 2 aliphatic rings. The largest absolute Gasteiger partial charge is 0.508 e. The third kappa shape index (κ3) is 3.08. The van der Waals surface area contributed by atoms with Gasteiger partial charge in [0.05, 0.1) is 18.6 Å². The lowest BCUT2D eigenvalue weighted by Crippen LogP contribution is -2.53. The van der Waals surface area contributed by atoms with Crippen LogP contribution in [0.1, 0.15) is 0 Å². The molecule has 0 spiro atoms. The van der Waals surface area contributed by atoms with E-state index in [1.165, 1.54) is 6.07 Å². The first-order valence-corrected chi connectivity index (χ1v) is 10.2. The van der Waals surface area contributed by atoms with E-state index in [4.69, 9.17) is 13.9 Å². The minimum absolute atomic E-state index is 0.0327.